The van der Waals surface area contributed by atoms with Gasteiger partial charge in [0.25, 0.3) is 0 Å². The minimum atomic E-state index is 0.728. The number of nitrogens with zero attached hydrogens (tertiary/aromatic N) is 1. The van der Waals surface area contributed by atoms with Gasteiger partial charge < -0.3 is 9.47 Å². The van der Waals surface area contributed by atoms with Crippen molar-refractivity contribution in [2.75, 3.05) is 14.2 Å². The van der Waals surface area contributed by atoms with E-state index in [1.807, 2.05) is 18.2 Å². The Hall–Kier alpha value is -1.29. The number of hydrogen-bond acceptors (Lipinski definition) is 3. The first-order valence-corrected chi connectivity index (χ1v) is 5.22. The van der Waals surface area contributed by atoms with Gasteiger partial charge >= 0.3 is 0 Å². The molecule has 2 rings (SSSR count). The van der Waals surface area contributed by atoms with Crippen molar-refractivity contribution >= 4 is 26.8 Å². The van der Waals surface area contributed by atoms with Gasteiger partial charge in [-0.1, -0.05) is 0 Å². The minimum Gasteiger partial charge on any atom is -0.496 e. The summed E-state index contributed by atoms with van der Waals surface area (Å²) < 4.78 is 11.4. The molecular formula is C11H10BrNO2. The summed E-state index contributed by atoms with van der Waals surface area (Å²) in [5.41, 5.74) is 0.797. The number of ether oxygens (including phenoxy) is 2. The number of methoxy groups -OCH3 is 2. The van der Waals surface area contributed by atoms with Crippen molar-refractivity contribution in [2.24, 2.45) is 0 Å². The van der Waals surface area contributed by atoms with E-state index in [2.05, 4.69) is 20.9 Å². The van der Waals surface area contributed by atoms with Gasteiger partial charge in [0.15, 0.2) is 5.75 Å². The number of pyridine rings is 1. The van der Waals surface area contributed by atoms with Gasteiger partial charge in [0.1, 0.15) is 11.3 Å². The number of rotatable bonds is 2. The van der Waals surface area contributed by atoms with E-state index >= 15 is 0 Å². The van der Waals surface area contributed by atoms with E-state index in [0.717, 1.165) is 26.9 Å². The highest BCUT2D eigenvalue weighted by atomic mass is 79.9. The van der Waals surface area contributed by atoms with Crippen LogP contribution < -0.4 is 9.47 Å². The van der Waals surface area contributed by atoms with E-state index in [-0.39, 0.29) is 0 Å². The highest BCUT2D eigenvalue weighted by Crippen LogP contribution is 2.37. The maximum atomic E-state index is 5.29. The smallest absolute Gasteiger partial charge is 0.159 e. The Morgan fingerprint density at radius 3 is 2.73 bits per heavy atom. The summed E-state index contributed by atoms with van der Waals surface area (Å²) in [5.74, 6) is 1.51. The van der Waals surface area contributed by atoms with Gasteiger partial charge in [0.05, 0.1) is 18.7 Å². The third kappa shape index (κ3) is 1.65. The lowest BCUT2D eigenvalue weighted by molar-refractivity contribution is 0.407. The Labute approximate surface area is 96.2 Å². The second kappa shape index (κ2) is 4.06. The molecule has 78 valence electrons. The van der Waals surface area contributed by atoms with Crippen LogP contribution in [0.2, 0.25) is 0 Å². The number of fused-ring (bicyclic) bond motifs is 1. The van der Waals surface area contributed by atoms with Gasteiger partial charge in [0, 0.05) is 11.6 Å². The lowest BCUT2D eigenvalue weighted by Gasteiger charge is -2.10. The molecule has 1 aromatic carbocycles. The molecule has 0 aliphatic carbocycles. The number of aromatic nitrogens is 1. The molecule has 0 unspecified atom stereocenters. The summed E-state index contributed by atoms with van der Waals surface area (Å²) in [4.78, 5) is 4.29. The van der Waals surface area contributed by atoms with E-state index in [9.17, 15) is 0 Å². The van der Waals surface area contributed by atoms with Crippen molar-refractivity contribution in [3.63, 3.8) is 0 Å². The van der Waals surface area contributed by atoms with E-state index < -0.39 is 0 Å². The maximum absolute atomic E-state index is 5.29. The fourth-order valence-corrected chi connectivity index (χ4v) is 2.08. The molecule has 0 amide bonds. The predicted molar refractivity (Wildman–Crippen MR) is 62.5 cm³/mol. The second-order valence-electron chi connectivity index (χ2n) is 2.99. The topological polar surface area (TPSA) is 31.4 Å². The molecule has 4 heteroatoms. The van der Waals surface area contributed by atoms with Crippen LogP contribution in [-0.4, -0.2) is 19.2 Å². The Kier molecular flexibility index (Phi) is 2.77. The molecule has 0 atom stereocenters. The molecule has 0 aliphatic rings. The highest BCUT2D eigenvalue weighted by Gasteiger charge is 2.11. The Morgan fingerprint density at radius 2 is 2.07 bits per heavy atom. The van der Waals surface area contributed by atoms with E-state index in [1.165, 1.54) is 0 Å². The van der Waals surface area contributed by atoms with Gasteiger partial charge in [0.2, 0.25) is 0 Å². The van der Waals surface area contributed by atoms with Crippen LogP contribution in [0.15, 0.2) is 28.9 Å². The van der Waals surface area contributed by atoms with E-state index in [1.54, 1.807) is 20.4 Å². The van der Waals surface area contributed by atoms with Crippen LogP contribution in [0.1, 0.15) is 0 Å². The van der Waals surface area contributed by atoms with Gasteiger partial charge in [-0.2, -0.15) is 0 Å². The zero-order chi connectivity index (χ0) is 10.8. The molecule has 0 radical (unpaired) electrons. The lowest BCUT2D eigenvalue weighted by Crippen LogP contribution is -1.92. The summed E-state index contributed by atoms with van der Waals surface area (Å²) in [7, 11) is 3.27. The molecule has 3 nitrogen and oxygen atoms in total. The first-order valence-electron chi connectivity index (χ1n) is 4.43. The van der Waals surface area contributed by atoms with Gasteiger partial charge in [-0.15, -0.1) is 0 Å². The fraction of sp³-hybridized carbons (Fsp3) is 0.182. The summed E-state index contributed by atoms with van der Waals surface area (Å²) in [6.07, 6.45) is 1.73. The average Bonchev–Trinajstić information content (AvgIpc) is 2.28. The van der Waals surface area contributed by atoms with Crippen LogP contribution in [0.3, 0.4) is 0 Å². The summed E-state index contributed by atoms with van der Waals surface area (Å²) in [6, 6.07) is 5.71. The van der Waals surface area contributed by atoms with E-state index in [4.69, 9.17) is 9.47 Å². The molecule has 0 spiro atoms. The van der Waals surface area contributed by atoms with Crippen LogP contribution in [0, 0.1) is 0 Å². The molecule has 1 heterocycles. The molecule has 0 fully saturated rings. The number of benzene rings is 1. The number of halogens is 1. The zero-order valence-corrected chi connectivity index (χ0v) is 10.0. The third-order valence-electron chi connectivity index (χ3n) is 2.19. The molecular weight excluding hydrogens is 258 g/mol. The van der Waals surface area contributed by atoms with Crippen LogP contribution in [-0.2, 0) is 0 Å². The molecule has 15 heavy (non-hydrogen) atoms. The molecule has 1 aromatic heterocycles. The standard InChI is InChI=1S/C11H10BrNO2/c1-14-9-6-8(12)11(15-2)10-7(9)4-3-5-13-10/h3-6H,1-2H3. The summed E-state index contributed by atoms with van der Waals surface area (Å²) in [6.45, 7) is 0. The van der Waals surface area contributed by atoms with Crippen LogP contribution in [0.25, 0.3) is 10.9 Å². The quantitative estimate of drug-likeness (QED) is 0.838. The molecule has 0 saturated carbocycles. The van der Waals surface area contributed by atoms with Crippen LogP contribution in [0.5, 0.6) is 11.5 Å². The van der Waals surface area contributed by atoms with Gasteiger partial charge in [-0.3, -0.25) is 4.98 Å². The van der Waals surface area contributed by atoms with Crippen molar-refractivity contribution in [3.8, 4) is 11.5 Å². The maximum Gasteiger partial charge on any atom is 0.159 e. The van der Waals surface area contributed by atoms with Crippen molar-refractivity contribution < 1.29 is 9.47 Å². The monoisotopic (exact) mass is 267 g/mol. The zero-order valence-electron chi connectivity index (χ0n) is 8.45. The molecule has 2 aromatic rings. The average molecular weight is 268 g/mol. The van der Waals surface area contributed by atoms with Crippen LogP contribution in [0.4, 0.5) is 0 Å². The molecule has 0 N–H and O–H groups in total. The summed E-state index contributed by atoms with van der Waals surface area (Å²) >= 11 is 3.42. The largest absolute Gasteiger partial charge is 0.496 e. The van der Waals surface area contributed by atoms with Crippen LogP contribution >= 0.6 is 15.9 Å². The summed E-state index contributed by atoms with van der Waals surface area (Å²) in [5, 5.41) is 0.944. The van der Waals surface area contributed by atoms with Crippen molar-refractivity contribution in [3.05, 3.63) is 28.9 Å². The SMILES string of the molecule is COc1cc(Br)c(OC)c2ncccc12. The van der Waals surface area contributed by atoms with Gasteiger partial charge in [-0.05, 0) is 34.1 Å². The first kappa shape index (κ1) is 10.2. The number of hydrogen-bond donors (Lipinski definition) is 0. The fourth-order valence-electron chi connectivity index (χ4n) is 1.52. The Balaban J connectivity index is 2.86. The van der Waals surface area contributed by atoms with Gasteiger partial charge in [-0.25, -0.2) is 0 Å². The van der Waals surface area contributed by atoms with E-state index in [0.29, 0.717) is 0 Å². The predicted octanol–water partition coefficient (Wildman–Crippen LogP) is 3.01. The second-order valence-corrected chi connectivity index (χ2v) is 3.85. The molecule has 0 bridgehead atoms. The normalized spacial score (nSPS) is 10.3. The first-order chi connectivity index (χ1) is 7.27. The lowest BCUT2D eigenvalue weighted by atomic mass is 10.2. The Morgan fingerprint density at radius 1 is 1.27 bits per heavy atom. The highest BCUT2D eigenvalue weighted by molar-refractivity contribution is 9.10. The van der Waals surface area contributed by atoms with Crippen molar-refractivity contribution in [2.45, 2.75) is 0 Å². The minimum absolute atomic E-state index is 0.728. The molecule has 0 aliphatic heterocycles. The Bertz CT molecular complexity index is 499. The molecule has 0 saturated heterocycles. The third-order valence-corrected chi connectivity index (χ3v) is 2.78. The van der Waals surface area contributed by atoms with Crippen molar-refractivity contribution in [1.82, 2.24) is 4.98 Å². The van der Waals surface area contributed by atoms with Crippen molar-refractivity contribution in [1.29, 1.82) is 0 Å².